The van der Waals surface area contributed by atoms with Crippen LogP contribution in [0.2, 0.25) is 1.41 Å². The molecule has 5 rings (SSSR count). The molecule has 3 amide bonds. The van der Waals surface area contributed by atoms with Gasteiger partial charge in [0.2, 0.25) is 11.8 Å². The van der Waals surface area contributed by atoms with Crippen LogP contribution in [0.3, 0.4) is 0 Å². The number of nitrogens with one attached hydrogen (secondary N) is 1. The van der Waals surface area contributed by atoms with Gasteiger partial charge in [-0.1, -0.05) is 30.3 Å². The Kier molecular flexibility index (Phi) is 5.15. The van der Waals surface area contributed by atoms with Crippen molar-refractivity contribution in [3.8, 4) is 5.75 Å². The van der Waals surface area contributed by atoms with Crippen LogP contribution in [0.5, 0.6) is 5.75 Å². The summed E-state index contributed by atoms with van der Waals surface area (Å²) in [5.41, 5.74) is 3.01. The van der Waals surface area contributed by atoms with E-state index in [1.165, 1.54) is 5.56 Å². The van der Waals surface area contributed by atoms with E-state index < -0.39 is 36.6 Å². The summed E-state index contributed by atoms with van der Waals surface area (Å²) in [4.78, 5) is 41.0. The zero-order chi connectivity index (χ0) is 25.4. The van der Waals surface area contributed by atoms with Gasteiger partial charge in [-0.05, 0) is 29.7 Å². The lowest BCUT2D eigenvalue weighted by atomic mass is 10.0. The normalized spacial score (nSPS) is 27.2. The van der Waals surface area contributed by atoms with Gasteiger partial charge >= 0.3 is 0 Å². The molecule has 0 bridgehead atoms. The molecule has 2 fully saturated rings. The number of nitrogens with zero attached hydrogens (tertiary/aromatic N) is 2. The van der Waals surface area contributed by atoms with Gasteiger partial charge in [0.1, 0.15) is 18.4 Å². The van der Waals surface area contributed by atoms with Gasteiger partial charge in [-0.25, -0.2) is 0 Å². The highest BCUT2D eigenvalue weighted by Crippen LogP contribution is 2.34. The predicted molar refractivity (Wildman–Crippen MR) is 119 cm³/mol. The first kappa shape index (κ1) is 18.2. The molecule has 0 aliphatic carbocycles. The largest absolute Gasteiger partial charge is 0.489 e. The van der Waals surface area contributed by atoms with Gasteiger partial charge in [0, 0.05) is 38.5 Å². The summed E-state index contributed by atoms with van der Waals surface area (Å²) in [6.07, 6.45) is -1.94. The van der Waals surface area contributed by atoms with Crippen molar-refractivity contribution in [1.82, 2.24) is 15.1 Å². The summed E-state index contributed by atoms with van der Waals surface area (Å²) in [5.74, 6) is -2.21. The summed E-state index contributed by atoms with van der Waals surface area (Å²) in [5, 5.41) is 0.0323. The molecule has 172 valence electrons. The molecule has 8 heteroatoms. The zero-order valence-corrected chi connectivity index (χ0v) is 18.2. The molecular formula is C25H27N3O5. The van der Waals surface area contributed by atoms with E-state index in [4.69, 9.17) is 13.6 Å². The molecule has 0 spiro atoms. The Labute approximate surface area is 196 Å². The SMILES string of the molecule is [2H]C1CC([2H])(N2Cc3c(OCc4ccc(CN5CCOCC5)cc4)cccc3C2=O)C(=O)N([2H])C1=O. The van der Waals surface area contributed by atoms with Gasteiger partial charge in [-0.15, -0.1) is 0 Å². The van der Waals surface area contributed by atoms with Crippen LogP contribution in [0, 0.1) is 0 Å². The highest BCUT2D eigenvalue weighted by Gasteiger charge is 2.40. The number of rotatable bonds is 6. The average Bonchev–Trinajstić information content (AvgIpc) is 3.24. The molecule has 0 aromatic heterocycles. The minimum Gasteiger partial charge on any atom is -0.489 e. The number of benzene rings is 2. The Bertz CT molecular complexity index is 1190. The number of ether oxygens (including phenoxy) is 2. The number of hydrogen-bond donors (Lipinski definition) is 1. The topological polar surface area (TPSA) is 88.2 Å². The van der Waals surface area contributed by atoms with E-state index in [0.29, 0.717) is 16.9 Å². The molecular weight excluding hydrogens is 422 g/mol. The first-order valence-electron chi connectivity index (χ1n) is 12.5. The van der Waals surface area contributed by atoms with Crippen molar-refractivity contribution in [2.75, 3.05) is 26.3 Å². The maximum atomic E-state index is 13.1. The molecule has 2 unspecified atom stereocenters. The van der Waals surface area contributed by atoms with Crippen LogP contribution in [0.25, 0.3) is 0 Å². The van der Waals surface area contributed by atoms with Crippen molar-refractivity contribution in [2.45, 2.75) is 38.5 Å². The Hall–Kier alpha value is -3.23. The lowest BCUT2D eigenvalue weighted by Gasteiger charge is -2.29. The minimum atomic E-state index is -2.20. The summed E-state index contributed by atoms with van der Waals surface area (Å²) >= 11 is 0. The highest BCUT2D eigenvalue weighted by molar-refractivity contribution is 6.05. The number of carbonyl (C=O) groups excluding carboxylic acids is 3. The molecule has 8 nitrogen and oxygen atoms in total. The van der Waals surface area contributed by atoms with Gasteiger partial charge < -0.3 is 14.4 Å². The summed E-state index contributed by atoms with van der Waals surface area (Å²) in [7, 11) is 0. The molecule has 2 aromatic carbocycles. The summed E-state index contributed by atoms with van der Waals surface area (Å²) < 4.78 is 35.7. The average molecular weight is 453 g/mol. The van der Waals surface area contributed by atoms with Gasteiger partial charge in [0.05, 0.1) is 21.1 Å². The molecule has 2 saturated heterocycles. The van der Waals surface area contributed by atoms with Gasteiger partial charge in [-0.2, -0.15) is 0 Å². The molecule has 3 aliphatic rings. The number of hydrogen-bond acceptors (Lipinski definition) is 6. The Morgan fingerprint density at radius 3 is 2.67 bits per heavy atom. The number of fused-ring (bicyclic) bond motifs is 1. The van der Waals surface area contributed by atoms with Gasteiger partial charge in [-0.3, -0.25) is 24.6 Å². The van der Waals surface area contributed by atoms with E-state index in [2.05, 4.69) is 17.0 Å². The minimum absolute atomic E-state index is 0.0323. The van der Waals surface area contributed by atoms with E-state index in [9.17, 15) is 14.4 Å². The Morgan fingerprint density at radius 2 is 1.88 bits per heavy atom. The Balaban J connectivity index is 1.28. The van der Waals surface area contributed by atoms with Crippen molar-refractivity contribution in [3.05, 3.63) is 64.7 Å². The fourth-order valence-electron chi connectivity index (χ4n) is 4.28. The predicted octanol–water partition coefficient (Wildman–Crippen LogP) is 1.86. The van der Waals surface area contributed by atoms with E-state index in [1.54, 1.807) is 18.2 Å². The van der Waals surface area contributed by atoms with Crippen LogP contribution in [-0.2, 0) is 34.0 Å². The monoisotopic (exact) mass is 452 g/mol. The second-order valence-corrected chi connectivity index (χ2v) is 8.28. The third-order valence-corrected chi connectivity index (χ3v) is 6.11. The molecule has 2 atom stereocenters. The van der Waals surface area contributed by atoms with Crippen LogP contribution in [0.1, 0.15) is 42.6 Å². The number of carbonyl (C=O) groups is 3. The van der Waals surface area contributed by atoms with Crippen LogP contribution >= 0.6 is 0 Å². The fourth-order valence-corrected chi connectivity index (χ4v) is 4.28. The van der Waals surface area contributed by atoms with Crippen LogP contribution in [0.4, 0.5) is 0 Å². The van der Waals surface area contributed by atoms with E-state index in [-0.39, 0.29) is 18.5 Å². The molecule has 3 aliphatic heterocycles. The lowest BCUT2D eigenvalue weighted by Crippen LogP contribution is -2.52. The molecule has 1 N–H and O–H groups in total. The second kappa shape index (κ2) is 9.33. The standard InChI is InChI=1S/C25H27N3O5/c29-23-9-8-21(24(30)26-23)28-15-20-19(25(28)31)2-1-3-22(20)33-16-18-6-4-17(5-7-18)14-27-10-12-32-13-11-27/h1-7,21H,8-16H2,(H,26,29,30)/i9D,21D/hD. The fraction of sp³-hybridized carbons (Fsp3) is 0.400. The molecule has 3 heterocycles. The molecule has 0 saturated carbocycles. The van der Waals surface area contributed by atoms with Crippen molar-refractivity contribution in [3.63, 3.8) is 0 Å². The van der Waals surface area contributed by atoms with Crippen LogP contribution < -0.4 is 10.0 Å². The van der Waals surface area contributed by atoms with Crippen molar-refractivity contribution < 1.29 is 28.0 Å². The summed E-state index contributed by atoms with van der Waals surface area (Å²) in [6.45, 7) is 4.41. The summed E-state index contributed by atoms with van der Waals surface area (Å²) in [6, 6.07) is 10.9. The maximum absolute atomic E-state index is 13.1. The van der Waals surface area contributed by atoms with Crippen molar-refractivity contribution >= 4 is 17.7 Å². The second-order valence-electron chi connectivity index (χ2n) is 8.28. The third kappa shape index (κ3) is 4.62. The number of morpholine rings is 1. The first-order chi connectivity index (χ1) is 17.3. The van der Waals surface area contributed by atoms with E-state index in [0.717, 1.165) is 43.3 Å². The zero-order valence-electron chi connectivity index (χ0n) is 21.2. The number of imide groups is 1. The van der Waals surface area contributed by atoms with Crippen LogP contribution in [0.15, 0.2) is 42.5 Å². The first-order valence-corrected chi connectivity index (χ1v) is 11.0. The van der Waals surface area contributed by atoms with Gasteiger partial charge in [0.25, 0.3) is 5.91 Å². The maximum Gasteiger partial charge on any atom is 0.255 e. The lowest BCUT2D eigenvalue weighted by molar-refractivity contribution is -0.136. The quantitative estimate of drug-likeness (QED) is 0.674. The van der Waals surface area contributed by atoms with Crippen LogP contribution in [-0.4, -0.2) is 59.8 Å². The third-order valence-electron chi connectivity index (χ3n) is 6.11. The van der Waals surface area contributed by atoms with Crippen molar-refractivity contribution in [2.24, 2.45) is 0 Å². The number of amides is 3. The number of piperidine rings is 1. The highest BCUT2D eigenvalue weighted by atomic mass is 16.5. The smallest absolute Gasteiger partial charge is 0.255 e. The molecule has 2 aromatic rings. The van der Waals surface area contributed by atoms with E-state index in [1.807, 2.05) is 12.1 Å². The molecule has 0 radical (unpaired) electrons. The molecule has 33 heavy (non-hydrogen) atoms. The van der Waals surface area contributed by atoms with Crippen molar-refractivity contribution in [1.29, 1.82) is 0 Å². The Morgan fingerprint density at radius 1 is 1.12 bits per heavy atom. The van der Waals surface area contributed by atoms with Gasteiger partial charge in [0.15, 0.2) is 1.41 Å². The van der Waals surface area contributed by atoms with E-state index >= 15 is 0 Å².